The number of hydrogen-bond donors (Lipinski definition) is 0. The lowest BCUT2D eigenvalue weighted by molar-refractivity contribution is 0.233. The molecule has 0 radical (unpaired) electrons. The Morgan fingerprint density at radius 3 is 2.71 bits per heavy atom. The van der Waals surface area contributed by atoms with E-state index in [1.54, 1.807) is 6.26 Å². The van der Waals surface area contributed by atoms with Gasteiger partial charge in [0.15, 0.2) is 0 Å². The van der Waals surface area contributed by atoms with Crippen LogP contribution < -0.4 is 0 Å². The second-order valence-electron chi connectivity index (χ2n) is 1.80. The SMILES string of the molecule is CC=COC1CC1. The second kappa shape index (κ2) is 2.01. The zero-order valence-corrected chi connectivity index (χ0v) is 4.55. The molecule has 0 atom stereocenters. The standard InChI is InChI=1S/C6H10O/c1-2-5-7-6-3-4-6/h2,5-6H,3-4H2,1H3. The molecule has 1 fully saturated rings. The highest BCUT2D eigenvalue weighted by atomic mass is 16.5. The predicted octanol–water partition coefficient (Wildman–Crippen LogP) is 1.70. The molecule has 0 aromatic rings. The van der Waals surface area contributed by atoms with E-state index < -0.39 is 0 Å². The quantitative estimate of drug-likeness (QED) is 0.477. The lowest BCUT2D eigenvalue weighted by atomic mass is 10.7. The van der Waals surface area contributed by atoms with Crippen molar-refractivity contribution in [3.05, 3.63) is 12.3 Å². The molecule has 0 heterocycles. The third kappa shape index (κ3) is 1.62. The summed E-state index contributed by atoms with van der Waals surface area (Å²) in [5.41, 5.74) is 0. The van der Waals surface area contributed by atoms with Gasteiger partial charge in [0.25, 0.3) is 0 Å². The van der Waals surface area contributed by atoms with Crippen LogP contribution in [0.25, 0.3) is 0 Å². The first-order valence-corrected chi connectivity index (χ1v) is 2.70. The Balaban J connectivity index is 1.98. The predicted molar refractivity (Wildman–Crippen MR) is 28.9 cm³/mol. The molecule has 1 heteroatoms. The Bertz CT molecular complexity index is 72.2. The summed E-state index contributed by atoms with van der Waals surface area (Å²) in [4.78, 5) is 0. The molecule has 0 amide bonds. The van der Waals surface area contributed by atoms with Crippen molar-refractivity contribution in [2.75, 3.05) is 0 Å². The van der Waals surface area contributed by atoms with E-state index in [-0.39, 0.29) is 0 Å². The third-order valence-electron chi connectivity index (χ3n) is 0.931. The van der Waals surface area contributed by atoms with E-state index >= 15 is 0 Å². The van der Waals surface area contributed by atoms with Crippen molar-refractivity contribution in [3.8, 4) is 0 Å². The molecule has 7 heavy (non-hydrogen) atoms. The summed E-state index contributed by atoms with van der Waals surface area (Å²) in [6.45, 7) is 1.96. The molecule has 0 N–H and O–H groups in total. The van der Waals surface area contributed by atoms with Crippen molar-refractivity contribution in [1.29, 1.82) is 0 Å². The average Bonchev–Trinajstić information content (AvgIpc) is 2.42. The molecule has 40 valence electrons. The number of ether oxygens (including phenoxy) is 1. The second-order valence-corrected chi connectivity index (χ2v) is 1.80. The summed E-state index contributed by atoms with van der Waals surface area (Å²) in [6, 6.07) is 0. The summed E-state index contributed by atoms with van der Waals surface area (Å²) in [6.07, 6.45) is 6.75. The highest BCUT2D eigenvalue weighted by Gasteiger charge is 2.21. The largest absolute Gasteiger partial charge is 0.498 e. The summed E-state index contributed by atoms with van der Waals surface area (Å²) in [7, 11) is 0. The number of allylic oxidation sites excluding steroid dienone is 1. The van der Waals surface area contributed by atoms with E-state index in [4.69, 9.17) is 4.74 Å². The number of rotatable bonds is 2. The van der Waals surface area contributed by atoms with Crippen LogP contribution in [0.2, 0.25) is 0 Å². The molecule has 0 spiro atoms. The summed E-state index contributed by atoms with van der Waals surface area (Å²) in [5, 5.41) is 0. The van der Waals surface area contributed by atoms with Crippen molar-refractivity contribution >= 4 is 0 Å². The molecule has 1 saturated carbocycles. The smallest absolute Gasteiger partial charge is 0.0981 e. The zero-order chi connectivity index (χ0) is 5.11. The van der Waals surface area contributed by atoms with Crippen LogP contribution in [-0.2, 0) is 4.74 Å². The fourth-order valence-electron chi connectivity index (χ4n) is 0.394. The van der Waals surface area contributed by atoms with Crippen LogP contribution in [0.4, 0.5) is 0 Å². The molecule has 1 aliphatic carbocycles. The van der Waals surface area contributed by atoms with Crippen LogP contribution in [0.3, 0.4) is 0 Å². The number of hydrogen-bond acceptors (Lipinski definition) is 1. The van der Waals surface area contributed by atoms with Crippen molar-refractivity contribution in [2.45, 2.75) is 25.9 Å². The topological polar surface area (TPSA) is 9.23 Å². The van der Waals surface area contributed by atoms with Gasteiger partial charge in [-0.05, 0) is 19.8 Å². The molecule has 1 nitrogen and oxygen atoms in total. The molecule has 1 aliphatic rings. The monoisotopic (exact) mass is 98.1 g/mol. The Morgan fingerprint density at radius 1 is 1.57 bits per heavy atom. The van der Waals surface area contributed by atoms with Crippen molar-refractivity contribution in [3.63, 3.8) is 0 Å². The zero-order valence-electron chi connectivity index (χ0n) is 4.55. The van der Waals surface area contributed by atoms with Gasteiger partial charge >= 0.3 is 0 Å². The van der Waals surface area contributed by atoms with Gasteiger partial charge in [0.2, 0.25) is 0 Å². The maximum atomic E-state index is 5.12. The fourth-order valence-corrected chi connectivity index (χ4v) is 0.394. The molecule has 0 aromatic carbocycles. The van der Waals surface area contributed by atoms with Gasteiger partial charge in [0.05, 0.1) is 12.4 Å². The van der Waals surface area contributed by atoms with Gasteiger partial charge in [-0.15, -0.1) is 0 Å². The van der Waals surface area contributed by atoms with Gasteiger partial charge in [-0.25, -0.2) is 0 Å². The molecule has 1 rings (SSSR count). The Labute approximate surface area is 44.0 Å². The van der Waals surface area contributed by atoms with E-state index in [1.807, 2.05) is 13.0 Å². The van der Waals surface area contributed by atoms with Gasteiger partial charge in [-0.1, -0.05) is 6.08 Å². The minimum Gasteiger partial charge on any atom is -0.498 e. The first-order valence-electron chi connectivity index (χ1n) is 2.70. The van der Waals surface area contributed by atoms with Crippen molar-refractivity contribution in [2.24, 2.45) is 0 Å². The van der Waals surface area contributed by atoms with E-state index in [0.717, 1.165) is 0 Å². The van der Waals surface area contributed by atoms with E-state index in [1.165, 1.54) is 12.8 Å². The summed E-state index contributed by atoms with van der Waals surface area (Å²) in [5.74, 6) is 0. The van der Waals surface area contributed by atoms with Crippen molar-refractivity contribution < 1.29 is 4.74 Å². The van der Waals surface area contributed by atoms with Crippen LogP contribution in [0.1, 0.15) is 19.8 Å². The van der Waals surface area contributed by atoms with Crippen LogP contribution in [-0.4, -0.2) is 6.10 Å². The Kier molecular flexibility index (Phi) is 1.35. The van der Waals surface area contributed by atoms with Gasteiger partial charge in [0.1, 0.15) is 0 Å². The first kappa shape index (κ1) is 4.69. The van der Waals surface area contributed by atoms with E-state index in [2.05, 4.69) is 0 Å². The first-order chi connectivity index (χ1) is 3.43. The summed E-state index contributed by atoms with van der Waals surface area (Å²) >= 11 is 0. The maximum Gasteiger partial charge on any atom is 0.0981 e. The lowest BCUT2D eigenvalue weighted by Crippen LogP contribution is -1.79. The molecular formula is C6H10O. The van der Waals surface area contributed by atoms with Crippen LogP contribution >= 0.6 is 0 Å². The fraction of sp³-hybridized carbons (Fsp3) is 0.667. The van der Waals surface area contributed by atoms with Gasteiger partial charge in [-0.3, -0.25) is 0 Å². The minimum atomic E-state index is 0.566. The van der Waals surface area contributed by atoms with Crippen LogP contribution in [0.15, 0.2) is 12.3 Å². The molecule has 0 unspecified atom stereocenters. The highest BCUT2D eigenvalue weighted by molar-refractivity contribution is 4.78. The van der Waals surface area contributed by atoms with Crippen LogP contribution in [0.5, 0.6) is 0 Å². The highest BCUT2D eigenvalue weighted by Crippen LogP contribution is 2.23. The average molecular weight is 98.1 g/mol. The van der Waals surface area contributed by atoms with Crippen LogP contribution in [0, 0.1) is 0 Å². The Hall–Kier alpha value is -0.460. The van der Waals surface area contributed by atoms with E-state index in [9.17, 15) is 0 Å². The van der Waals surface area contributed by atoms with Gasteiger partial charge in [-0.2, -0.15) is 0 Å². The van der Waals surface area contributed by atoms with Gasteiger partial charge < -0.3 is 4.74 Å². The van der Waals surface area contributed by atoms with Gasteiger partial charge in [0, 0.05) is 0 Å². The molecular weight excluding hydrogens is 88.1 g/mol. The molecule has 0 saturated heterocycles. The lowest BCUT2D eigenvalue weighted by Gasteiger charge is -1.90. The molecule has 0 aromatic heterocycles. The molecule has 0 aliphatic heterocycles. The Morgan fingerprint density at radius 2 is 2.29 bits per heavy atom. The summed E-state index contributed by atoms with van der Waals surface area (Å²) < 4.78 is 5.12. The maximum absolute atomic E-state index is 5.12. The molecule has 0 bridgehead atoms. The normalized spacial score (nSPS) is 20.7. The third-order valence-corrected chi connectivity index (χ3v) is 0.931. The van der Waals surface area contributed by atoms with Crippen molar-refractivity contribution in [1.82, 2.24) is 0 Å². The minimum absolute atomic E-state index is 0.566. The van der Waals surface area contributed by atoms with E-state index in [0.29, 0.717) is 6.10 Å².